The topological polar surface area (TPSA) is 60.7 Å². The van der Waals surface area contributed by atoms with Crippen molar-refractivity contribution in [1.82, 2.24) is 0 Å². The van der Waals surface area contributed by atoms with Gasteiger partial charge in [-0.2, -0.15) is 0 Å². The van der Waals surface area contributed by atoms with Crippen LogP contribution in [0, 0.1) is 0 Å². The zero-order valence-corrected chi connectivity index (χ0v) is 9.18. The maximum absolute atomic E-state index is 8.74. The Morgan fingerprint density at radius 3 is 1.27 bits per heavy atom. The van der Waals surface area contributed by atoms with Crippen molar-refractivity contribution in [2.75, 3.05) is 19.8 Å². The molecule has 3 N–H and O–H groups in total. The molecule has 0 aromatic heterocycles. The van der Waals surface area contributed by atoms with Crippen LogP contribution in [-0.2, 0) is 0 Å². The average molecular weight is 226 g/mol. The van der Waals surface area contributed by atoms with Crippen molar-refractivity contribution in [3.05, 3.63) is 0 Å². The molecule has 0 bridgehead atoms. The summed E-state index contributed by atoms with van der Waals surface area (Å²) in [6.45, 7) is 0.615. The van der Waals surface area contributed by atoms with E-state index in [4.69, 9.17) is 15.3 Å². The van der Waals surface area contributed by atoms with Gasteiger partial charge >= 0.3 is 70.0 Å². The number of aliphatic hydroxyl groups is 3. The van der Waals surface area contributed by atoms with Crippen molar-refractivity contribution in [1.29, 1.82) is 0 Å². The third kappa shape index (κ3) is 4.80. The zero-order chi connectivity index (χ0) is 8.74. The molecule has 0 spiro atoms. The third-order valence-electron chi connectivity index (χ3n) is 2.15. The molecule has 0 fully saturated rings. The Morgan fingerprint density at radius 2 is 1.09 bits per heavy atom. The molecule has 0 heterocycles. The normalized spacial score (nSPS) is 13.5. The summed E-state index contributed by atoms with van der Waals surface area (Å²) >= 11 is -1.99. The van der Waals surface area contributed by atoms with Gasteiger partial charge in [-0.15, -0.1) is 0 Å². The number of hydrogen-bond donors (Lipinski definition) is 3. The van der Waals surface area contributed by atoms with Gasteiger partial charge in [-0.1, -0.05) is 0 Å². The van der Waals surface area contributed by atoms with Crippen molar-refractivity contribution < 1.29 is 15.3 Å². The molecule has 0 aliphatic carbocycles. The monoisotopic (exact) mass is 226 g/mol. The molecule has 0 saturated heterocycles. The van der Waals surface area contributed by atoms with Gasteiger partial charge in [0.25, 0.3) is 0 Å². The van der Waals surface area contributed by atoms with Gasteiger partial charge < -0.3 is 0 Å². The van der Waals surface area contributed by atoms with Crippen molar-refractivity contribution in [2.45, 2.75) is 21.3 Å². The second-order valence-electron chi connectivity index (χ2n) is 3.23. The van der Waals surface area contributed by atoms with E-state index >= 15 is 0 Å². The van der Waals surface area contributed by atoms with Crippen molar-refractivity contribution in [2.24, 2.45) is 0 Å². The molecule has 0 aliphatic rings. The molecule has 70 valence electrons. The summed E-state index contributed by atoms with van der Waals surface area (Å²) in [7, 11) is 0. The second kappa shape index (κ2) is 6.01. The molecule has 3 nitrogen and oxygen atoms in total. The number of aliphatic hydroxyl groups excluding tert-OH is 3. The van der Waals surface area contributed by atoms with E-state index in [1.165, 1.54) is 0 Å². The predicted octanol–water partition coefficient (Wildman–Crippen LogP) is -0.226. The van der Waals surface area contributed by atoms with Gasteiger partial charge in [0.1, 0.15) is 0 Å². The molecule has 0 saturated carbocycles. The summed E-state index contributed by atoms with van der Waals surface area (Å²) in [4.78, 5) is 0. The third-order valence-corrected chi connectivity index (χ3v) is 11.2. The molecular weight excluding hydrogens is 207 g/mol. The van der Waals surface area contributed by atoms with Crippen LogP contribution in [0.25, 0.3) is 0 Å². The Labute approximate surface area is 70.5 Å². The van der Waals surface area contributed by atoms with Gasteiger partial charge in [-0.25, -0.2) is 0 Å². The van der Waals surface area contributed by atoms with Crippen molar-refractivity contribution >= 4 is 13.6 Å². The maximum atomic E-state index is 8.74. The molecule has 0 aromatic carbocycles. The van der Waals surface area contributed by atoms with Crippen LogP contribution in [-0.4, -0.2) is 48.7 Å². The van der Waals surface area contributed by atoms with Gasteiger partial charge in [-0.05, 0) is 0 Å². The molecule has 0 amide bonds. The van der Waals surface area contributed by atoms with Crippen LogP contribution < -0.4 is 0 Å². The molecule has 0 atom stereocenters. The zero-order valence-electron chi connectivity index (χ0n) is 7.08. The first kappa shape index (κ1) is 11.4. The van der Waals surface area contributed by atoms with E-state index in [0.29, 0.717) is 0 Å². The second-order valence-corrected chi connectivity index (χ2v) is 14.0. The van der Waals surface area contributed by atoms with Crippen LogP contribution in [0.4, 0.5) is 0 Å². The van der Waals surface area contributed by atoms with Crippen LogP contribution >= 0.6 is 0 Å². The minimum atomic E-state index is -1.99. The van der Waals surface area contributed by atoms with E-state index in [-0.39, 0.29) is 19.8 Å². The van der Waals surface area contributed by atoms with E-state index < -0.39 is 13.6 Å². The summed E-state index contributed by atoms with van der Waals surface area (Å²) in [5.41, 5.74) is 2.16. The minimum absolute atomic E-state index is 0.205. The van der Waals surface area contributed by atoms with Gasteiger partial charge in [0.05, 0.1) is 0 Å². The average Bonchev–Trinajstić information content (AvgIpc) is 1.88. The van der Waals surface area contributed by atoms with Gasteiger partial charge in [0.2, 0.25) is 0 Å². The standard InChI is InChI=1S/C7H19AsO3/c1-8(2-5-9,3-6-10)4-7-11/h8-11H,2-7H2,1H3. The molecular formula is C7H19AsO3. The Morgan fingerprint density at radius 1 is 0.818 bits per heavy atom. The molecule has 0 aromatic rings. The Hall–Kier alpha value is 0.438. The summed E-state index contributed by atoms with van der Waals surface area (Å²) in [5, 5.41) is 28.7. The van der Waals surface area contributed by atoms with Crippen molar-refractivity contribution in [3.8, 4) is 0 Å². The summed E-state index contributed by atoms with van der Waals surface area (Å²) in [5.74, 6) is 0. The quantitative estimate of drug-likeness (QED) is 0.548. The van der Waals surface area contributed by atoms with Gasteiger partial charge in [0.15, 0.2) is 0 Å². The van der Waals surface area contributed by atoms with E-state index in [9.17, 15) is 0 Å². The summed E-state index contributed by atoms with van der Waals surface area (Å²) in [6, 6.07) is 0. The number of hydrogen-bond acceptors (Lipinski definition) is 3. The first-order valence-corrected chi connectivity index (χ1v) is 10.6. The predicted molar refractivity (Wildman–Crippen MR) is 48.7 cm³/mol. The molecule has 4 heteroatoms. The molecule has 0 radical (unpaired) electrons. The van der Waals surface area contributed by atoms with Gasteiger partial charge in [0, 0.05) is 0 Å². The number of rotatable bonds is 6. The summed E-state index contributed by atoms with van der Waals surface area (Å²) in [6.07, 6.45) is 0. The van der Waals surface area contributed by atoms with Gasteiger partial charge in [-0.3, -0.25) is 0 Å². The fraction of sp³-hybridized carbons (Fsp3) is 1.00. The first-order chi connectivity index (χ1) is 5.18. The molecule has 11 heavy (non-hydrogen) atoms. The summed E-state index contributed by atoms with van der Waals surface area (Å²) < 4.78 is 0. The van der Waals surface area contributed by atoms with Crippen molar-refractivity contribution in [3.63, 3.8) is 0 Å². The SMILES string of the molecule is C[AsH](CCO)(CCO)CCO. The van der Waals surface area contributed by atoms with Crippen LogP contribution in [0.5, 0.6) is 0 Å². The Balaban J connectivity index is 3.79. The van der Waals surface area contributed by atoms with Crippen LogP contribution in [0.15, 0.2) is 0 Å². The van der Waals surface area contributed by atoms with E-state index in [1.54, 1.807) is 0 Å². The molecule has 0 unspecified atom stereocenters. The Bertz CT molecular complexity index is 80.7. The van der Waals surface area contributed by atoms with Crippen LogP contribution in [0.1, 0.15) is 0 Å². The Kier molecular flexibility index (Phi) is 6.25. The molecule has 0 rings (SSSR count). The molecule has 0 aliphatic heterocycles. The first-order valence-electron chi connectivity index (χ1n) is 4.01. The van der Waals surface area contributed by atoms with E-state index in [0.717, 1.165) is 15.6 Å². The van der Waals surface area contributed by atoms with E-state index in [2.05, 4.69) is 5.71 Å². The van der Waals surface area contributed by atoms with E-state index in [1.807, 2.05) is 0 Å². The fourth-order valence-electron chi connectivity index (χ4n) is 1.18. The van der Waals surface area contributed by atoms with Crippen LogP contribution in [0.2, 0.25) is 21.3 Å². The fourth-order valence-corrected chi connectivity index (χ4v) is 6.16. The van der Waals surface area contributed by atoms with Crippen LogP contribution in [0.3, 0.4) is 0 Å².